The van der Waals surface area contributed by atoms with Gasteiger partial charge in [0.25, 0.3) is 0 Å². The first kappa shape index (κ1) is 14.9. The molecule has 0 aliphatic heterocycles. The Morgan fingerprint density at radius 2 is 2.08 bits per heavy atom. The molecular formula is C14H14F3N7. The first-order valence-corrected chi connectivity index (χ1v) is 7.46. The van der Waals surface area contributed by atoms with E-state index in [1.807, 2.05) is 12.3 Å². The van der Waals surface area contributed by atoms with Crippen LogP contribution in [0.2, 0.25) is 0 Å². The fourth-order valence-electron chi connectivity index (χ4n) is 2.79. The van der Waals surface area contributed by atoms with Gasteiger partial charge in [0.05, 0.1) is 11.9 Å². The van der Waals surface area contributed by atoms with Crippen molar-refractivity contribution in [1.82, 2.24) is 29.5 Å². The number of nitrogens with zero attached hydrogens (tertiary/aromatic N) is 6. The number of hydrogen-bond acceptors (Lipinski definition) is 5. The lowest BCUT2D eigenvalue weighted by atomic mass is 10.3. The van der Waals surface area contributed by atoms with E-state index in [-0.39, 0.29) is 12.2 Å². The number of aromatic nitrogens is 6. The highest BCUT2D eigenvalue weighted by Gasteiger charge is 2.38. The highest BCUT2D eigenvalue weighted by Crippen LogP contribution is 2.38. The molecule has 0 unspecified atom stereocenters. The van der Waals surface area contributed by atoms with E-state index in [2.05, 4.69) is 30.2 Å². The third-order valence-electron chi connectivity index (χ3n) is 4.04. The summed E-state index contributed by atoms with van der Waals surface area (Å²) in [5, 5.41) is 10.8. The number of aryl methyl sites for hydroxylation is 1. The van der Waals surface area contributed by atoms with Crippen LogP contribution in [0.4, 0.5) is 19.0 Å². The van der Waals surface area contributed by atoms with Crippen LogP contribution in [0.25, 0.3) is 11.0 Å². The van der Waals surface area contributed by atoms with Crippen LogP contribution >= 0.6 is 0 Å². The van der Waals surface area contributed by atoms with Gasteiger partial charge in [-0.2, -0.15) is 13.2 Å². The maximum absolute atomic E-state index is 13.1. The molecule has 3 aromatic rings. The van der Waals surface area contributed by atoms with Gasteiger partial charge in [-0.1, -0.05) is 5.21 Å². The summed E-state index contributed by atoms with van der Waals surface area (Å²) in [5.41, 5.74) is -0.251. The van der Waals surface area contributed by atoms with Crippen molar-refractivity contribution in [2.45, 2.75) is 31.6 Å². The lowest BCUT2D eigenvalue weighted by molar-refractivity contribution is -0.144. The molecule has 10 heteroatoms. The van der Waals surface area contributed by atoms with Gasteiger partial charge in [0, 0.05) is 19.3 Å². The van der Waals surface area contributed by atoms with E-state index >= 15 is 0 Å². The predicted molar refractivity (Wildman–Crippen MR) is 79.1 cm³/mol. The molecule has 1 fully saturated rings. The molecule has 126 valence electrons. The standard InChI is InChI=1S/C14H14F3N7/c1-23-11(14(15,16)17)10(21-22-23)6-18-12-9-4-5-24(8-2-3-8)13(9)20-7-19-12/h4-5,7-8H,2-3,6H2,1H3,(H,18,19,20). The summed E-state index contributed by atoms with van der Waals surface area (Å²) in [4.78, 5) is 8.42. The summed E-state index contributed by atoms with van der Waals surface area (Å²) in [5.74, 6) is 0.484. The van der Waals surface area contributed by atoms with Crippen molar-refractivity contribution in [3.63, 3.8) is 0 Å². The van der Waals surface area contributed by atoms with Gasteiger partial charge in [-0.25, -0.2) is 14.6 Å². The normalized spacial score (nSPS) is 15.2. The molecule has 0 bridgehead atoms. The Morgan fingerprint density at radius 3 is 2.79 bits per heavy atom. The summed E-state index contributed by atoms with van der Waals surface area (Å²) in [6.07, 6.45) is 1.07. The number of hydrogen-bond donors (Lipinski definition) is 1. The maximum atomic E-state index is 13.1. The Bertz CT molecular complexity index is 892. The third kappa shape index (κ3) is 2.47. The van der Waals surface area contributed by atoms with Crippen LogP contribution in [0.5, 0.6) is 0 Å². The molecule has 4 rings (SSSR count). The molecule has 3 aromatic heterocycles. The second kappa shape index (κ2) is 5.18. The Morgan fingerprint density at radius 1 is 1.29 bits per heavy atom. The van der Waals surface area contributed by atoms with Crippen molar-refractivity contribution in [3.8, 4) is 0 Å². The molecule has 0 radical (unpaired) electrons. The van der Waals surface area contributed by atoms with Gasteiger partial charge in [-0.3, -0.25) is 0 Å². The van der Waals surface area contributed by atoms with E-state index in [0.717, 1.165) is 28.6 Å². The third-order valence-corrected chi connectivity index (χ3v) is 4.04. The topological polar surface area (TPSA) is 73.5 Å². The zero-order chi connectivity index (χ0) is 16.9. The molecule has 0 amide bonds. The number of nitrogens with one attached hydrogen (secondary N) is 1. The number of anilines is 1. The van der Waals surface area contributed by atoms with E-state index in [9.17, 15) is 13.2 Å². The summed E-state index contributed by atoms with van der Waals surface area (Å²) < 4.78 is 42.0. The Labute approximate surface area is 134 Å². The summed E-state index contributed by atoms with van der Waals surface area (Å²) in [6, 6.07) is 2.33. The zero-order valence-corrected chi connectivity index (χ0v) is 12.7. The van der Waals surface area contributed by atoms with Crippen LogP contribution in [0.3, 0.4) is 0 Å². The molecule has 0 spiro atoms. The molecule has 1 N–H and O–H groups in total. The first-order valence-electron chi connectivity index (χ1n) is 7.46. The van der Waals surface area contributed by atoms with Crippen LogP contribution < -0.4 is 5.32 Å². The minimum absolute atomic E-state index is 0.122. The molecule has 1 saturated carbocycles. The Kier molecular flexibility index (Phi) is 3.22. The molecule has 0 atom stereocenters. The van der Waals surface area contributed by atoms with Crippen LogP contribution in [-0.4, -0.2) is 29.5 Å². The van der Waals surface area contributed by atoms with Crippen molar-refractivity contribution >= 4 is 16.9 Å². The largest absolute Gasteiger partial charge is 0.434 e. The average molecular weight is 337 g/mol. The minimum Gasteiger partial charge on any atom is -0.364 e. The highest BCUT2D eigenvalue weighted by molar-refractivity contribution is 5.87. The summed E-state index contributed by atoms with van der Waals surface area (Å²) in [7, 11) is 1.22. The van der Waals surface area contributed by atoms with Gasteiger partial charge in [-0.05, 0) is 18.9 Å². The first-order chi connectivity index (χ1) is 11.4. The number of halogens is 3. The quantitative estimate of drug-likeness (QED) is 0.792. The van der Waals surface area contributed by atoms with Crippen molar-refractivity contribution in [3.05, 3.63) is 30.0 Å². The van der Waals surface area contributed by atoms with Crippen LogP contribution in [0, 0.1) is 0 Å². The number of fused-ring (bicyclic) bond motifs is 1. The number of rotatable bonds is 4. The minimum atomic E-state index is -4.51. The summed E-state index contributed by atoms with van der Waals surface area (Å²) >= 11 is 0. The number of alkyl halides is 3. The van der Waals surface area contributed by atoms with Gasteiger partial charge in [-0.15, -0.1) is 5.10 Å². The van der Waals surface area contributed by atoms with Crippen LogP contribution in [-0.2, 0) is 19.8 Å². The molecule has 3 heterocycles. The molecule has 24 heavy (non-hydrogen) atoms. The molecular weight excluding hydrogens is 323 g/mol. The van der Waals surface area contributed by atoms with Gasteiger partial charge in [0.1, 0.15) is 23.5 Å². The van der Waals surface area contributed by atoms with Crippen LogP contribution in [0.15, 0.2) is 18.6 Å². The van der Waals surface area contributed by atoms with E-state index in [0.29, 0.717) is 11.9 Å². The second-order valence-electron chi connectivity index (χ2n) is 5.77. The van der Waals surface area contributed by atoms with Crippen molar-refractivity contribution < 1.29 is 13.2 Å². The van der Waals surface area contributed by atoms with Gasteiger partial charge >= 0.3 is 6.18 Å². The Hall–Kier alpha value is -2.65. The van der Waals surface area contributed by atoms with Crippen molar-refractivity contribution in [1.29, 1.82) is 0 Å². The predicted octanol–water partition coefficient (Wildman–Crippen LogP) is 2.53. The monoisotopic (exact) mass is 337 g/mol. The van der Waals surface area contributed by atoms with Gasteiger partial charge in [0.2, 0.25) is 0 Å². The van der Waals surface area contributed by atoms with Crippen molar-refractivity contribution in [2.75, 3.05) is 5.32 Å². The van der Waals surface area contributed by atoms with E-state index in [4.69, 9.17) is 0 Å². The fourth-order valence-corrected chi connectivity index (χ4v) is 2.79. The molecule has 0 saturated heterocycles. The molecule has 1 aliphatic rings. The van der Waals surface area contributed by atoms with Crippen LogP contribution in [0.1, 0.15) is 30.3 Å². The average Bonchev–Trinajstić information content (AvgIpc) is 3.15. The van der Waals surface area contributed by atoms with E-state index in [1.165, 1.54) is 13.4 Å². The SMILES string of the molecule is Cn1nnc(CNc2ncnc3c2ccn3C2CC2)c1C(F)(F)F. The van der Waals surface area contributed by atoms with E-state index in [1.54, 1.807) is 0 Å². The molecule has 0 aromatic carbocycles. The summed E-state index contributed by atoms with van der Waals surface area (Å²) in [6.45, 7) is -0.122. The van der Waals surface area contributed by atoms with Crippen molar-refractivity contribution in [2.24, 2.45) is 7.05 Å². The second-order valence-corrected chi connectivity index (χ2v) is 5.77. The highest BCUT2D eigenvalue weighted by atomic mass is 19.4. The Balaban J connectivity index is 1.62. The lowest BCUT2D eigenvalue weighted by Gasteiger charge is -2.10. The lowest BCUT2D eigenvalue weighted by Crippen LogP contribution is -2.16. The zero-order valence-electron chi connectivity index (χ0n) is 12.7. The van der Waals surface area contributed by atoms with Gasteiger partial charge < -0.3 is 9.88 Å². The van der Waals surface area contributed by atoms with E-state index < -0.39 is 11.9 Å². The maximum Gasteiger partial charge on any atom is 0.434 e. The molecule has 7 nitrogen and oxygen atoms in total. The fraction of sp³-hybridized carbons (Fsp3) is 0.429. The smallest absolute Gasteiger partial charge is 0.364 e. The van der Waals surface area contributed by atoms with Gasteiger partial charge in [0.15, 0.2) is 5.69 Å². The molecule has 1 aliphatic carbocycles.